The Hall–Kier alpha value is -4.70. The lowest BCUT2D eigenvalue weighted by molar-refractivity contribution is -0.122. The lowest BCUT2D eigenvalue weighted by Crippen LogP contribution is -2.37. The molecule has 0 aliphatic carbocycles. The molecule has 54 heavy (non-hydrogen) atoms. The van der Waals surface area contributed by atoms with E-state index in [1.807, 2.05) is 30.0 Å². The van der Waals surface area contributed by atoms with Crippen molar-refractivity contribution in [3.8, 4) is 34.4 Å². The van der Waals surface area contributed by atoms with Gasteiger partial charge in [0.2, 0.25) is 0 Å². The number of aromatic nitrogens is 1. The van der Waals surface area contributed by atoms with Gasteiger partial charge < -0.3 is 34.4 Å². The smallest absolute Gasteiger partial charge is 0.290 e. The zero-order valence-electron chi connectivity index (χ0n) is 31.3. The number of pyridine rings is 1. The first-order chi connectivity index (χ1) is 26.2. The third-order valence-corrected chi connectivity index (χ3v) is 9.86. The standard InChI is InChI=1S/C41H49ClN4O5.CH2O2/c1-29(26-48)46(16-17-47)25-35-20-38(42)41(21-40(35)50-27-33-19-32(22-43)23-44-24-33)51-28-34-9-6-10-36(30(34)2)37-11-7-12-39(31(37)3)49-18-8-15-45-13-4-5-14-45;2-1-3/h6-7,9-12,19-21,23-24,29,47-48H,4-5,8,13-18,25-28H2,1-3H3;1H,(H,2,3). The Balaban J connectivity index is 0.00000209. The summed E-state index contributed by atoms with van der Waals surface area (Å²) in [7, 11) is 0. The van der Waals surface area contributed by atoms with Gasteiger partial charge in [0.15, 0.2) is 0 Å². The molecule has 288 valence electrons. The number of hydrogen-bond donors (Lipinski definition) is 3. The predicted molar refractivity (Wildman–Crippen MR) is 209 cm³/mol. The van der Waals surface area contributed by atoms with Crippen LogP contribution in [0.2, 0.25) is 5.02 Å². The Morgan fingerprint density at radius 1 is 0.944 bits per heavy atom. The number of carboxylic acid groups (broad SMARTS) is 1. The molecule has 1 aliphatic heterocycles. The Morgan fingerprint density at radius 2 is 1.65 bits per heavy atom. The SMILES string of the molecule is Cc1c(COc2cc(OCc3cncc(C#N)c3)c(CN(CCO)C(C)CO)cc2Cl)cccc1-c1cccc(OCCCN2CCCC2)c1C.O=CO. The van der Waals surface area contributed by atoms with Crippen molar-refractivity contribution in [1.82, 2.24) is 14.8 Å². The van der Waals surface area contributed by atoms with E-state index >= 15 is 0 Å². The van der Waals surface area contributed by atoms with Crippen molar-refractivity contribution < 1.29 is 34.3 Å². The zero-order chi connectivity index (χ0) is 38.9. The maximum absolute atomic E-state index is 9.84. The highest BCUT2D eigenvalue weighted by atomic mass is 35.5. The molecule has 11 nitrogen and oxygen atoms in total. The van der Waals surface area contributed by atoms with Gasteiger partial charge in [-0.3, -0.25) is 14.7 Å². The Labute approximate surface area is 323 Å². The Bertz CT molecular complexity index is 1840. The third kappa shape index (κ3) is 11.9. The van der Waals surface area contributed by atoms with Crippen molar-refractivity contribution >= 4 is 18.1 Å². The highest BCUT2D eigenvalue weighted by Gasteiger charge is 2.19. The van der Waals surface area contributed by atoms with Crippen molar-refractivity contribution in [3.63, 3.8) is 0 Å². The lowest BCUT2D eigenvalue weighted by atomic mass is 9.93. The van der Waals surface area contributed by atoms with Gasteiger partial charge in [-0.25, -0.2) is 0 Å². The van der Waals surface area contributed by atoms with Gasteiger partial charge in [-0.15, -0.1) is 0 Å². The molecular formula is C42H51ClN4O7. The van der Waals surface area contributed by atoms with Gasteiger partial charge in [0.05, 0.1) is 30.4 Å². The zero-order valence-corrected chi connectivity index (χ0v) is 32.1. The average Bonchev–Trinajstić information content (AvgIpc) is 3.70. The number of aliphatic hydroxyl groups is 2. The van der Waals surface area contributed by atoms with Gasteiger partial charge in [0.1, 0.15) is 36.5 Å². The predicted octanol–water partition coefficient (Wildman–Crippen LogP) is 6.79. The van der Waals surface area contributed by atoms with Crippen LogP contribution in [-0.4, -0.2) is 88.6 Å². The minimum absolute atomic E-state index is 0.0593. The molecular weight excluding hydrogens is 708 g/mol. The maximum Gasteiger partial charge on any atom is 0.290 e. The van der Waals surface area contributed by atoms with E-state index in [0.29, 0.717) is 41.8 Å². The van der Waals surface area contributed by atoms with Crippen molar-refractivity contribution in [2.75, 3.05) is 46.0 Å². The summed E-state index contributed by atoms with van der Waals surface area (Å²) in [5.41, 5.74) is 7.46. The van der Waals surface area contributed by atoms with Gasteiger partial charge in [-0.1, -0.05) is 41.9 Å². The molecule has 0 radical (unpaired) electrons. The molecule has 1 unspecified atom stereocenters. The molecule has 1 aliphatic rings. The number of nitriles is 1. The molecule has 2 heterocycles. The van der Waals surface area contributed by atoms with E-state index in [0.717, 1.165) is 57.7 Å². The average molecular weight is 759 g/mol. The quantitative estimate of drug-likeness (QED) is 0.0728. The van der Waals surface area contributed by atoms with Crippen molar-refractivity contribution in [1.29, 1.82) is 5.26 Å². The first-order valence-electron chi connectivity index (χ1n) is 18.2. The van der Waals surface area contributed by atoms with Crippen molar-refractivity contribution in [3.05, 3.63) is 105 Å². The molecule has 0 spiro atoms. The van der Waals surface area contributed by atoms with Crippen LogP contribution in [0.3, 0.4) is 0 Å². The van der Waals surface area contributed by atoms with E-state index in [9.17, 15) is 15.5 Å². The molecule has 1 saturated heterocycles. The number of rotatable bonds is 18. The minimum atomic E-state index is -0.250. The van der Waals surface area contributed by atoms with Crippen LogP contribution in [-0.2, 0) is 24.6 Å². The van der Waals surface area contributed by atoms with E-state index in [1.165, 1.54) is 32.1 Å². The summed E-state index contributed by atoms with van der Waals surface area (Å²) in [6.45, 7) is 11.1. The summed E-state index contributed by atoms with van der Waals surface area (Å²) in [4.78, 5) is 17.0. The number of likely N-dealkylation sites (tertiary alicyclic amines) is 1. The Kier molecular flexibility index (Phi) is 17.0. The molecule has 3 aromatic carbocycles. The fourth-order valence-electron chi connectivity index (χ4n) is 6.48. The minimum Gasteiger partial charge on any atom is -0.493 e. The topological polar surface area (TPSA) is 149 Å². The van der Waals surface area contributed by atoms with E-state index in [1.54, 1.807) is 18.3 Å². The first kappa shape index (κ1) is 42.0. The van der Waals surface area contributed by atoms with Gasteiger partial charge in [0.25, 0.3) is 6.47 Å². The van der Waals surface area contributed by atoms with Crippen LogP contribution in [0.5, 0.6) is 17.2 Å². The molecule has 4 aromatic rings. The maximum atomic E-state index is 9.84. The fraction of sp³-hybridized carbons (Fsp3) is 0.405. The molecule has 1 fully saturated rings. The van der Waals surface area contributed by atoms with E-state index in [-0.39, 0.29) is 38.9 Å². The molecule has 12 heteroatoms. The van der Waals surface area contributed by atoms with Crippen LogP contribution in [0.1, 0.15) is 59.6 Å². The summed E-state index contributed by atoms with van der Waals surface area (Å²) < 4.78 is 18.9. The molecule has 3 N–H and O–H groups in total. The number of ether oxygens (including phenoxy) is 3. The monoisotopic (exact) mass is 758 g/mol. The molecule has 5 rings (SSSR count). The molecule has 0 amide bonds. The van der Waals surface area contributed by atoms with Crippen LogP contribution in [0, 0.1) is 25.2 Å². The Morgan fingerprint density at radius 3 is 2.35 bits per heavy atom. The number of hydrogen-bond acceptors (Lipinski definition) is 10. The number of carbonyl (C=O) groups is 1. The lowest BCUT2D eigenvalue weighted by Gasteiger charge is -2.28. The number of halogens is 1. The summed E-state index contributed by atoms with van der Waals surface area (Å²) >= 11 is 6.83. The van der Waals surface area contributed by atoms with Crippen LogP contribution in [0.25, 0.3) is 11.1 Å². The van der Waals surface area contributed by atoms with Crippen molar-refractivity contribution in [2.24, 2.45) is 0 Å². The molecule has 1 atom stereocenters. The van der Waals surface area contributed by atoms with Crippen molar-refractivity contribution in [2.45, 2.75) is 65.8 Å². The van der Waals surface area contributed by atoms with Gasteiger partial charge in [-0.05, 0) is 99.1 Å². The van der Waals surface area contributed by atoms with Crippen LogP contribution in [0.4, 0.5) is 0 Å². The van der Waals surface area contributed by atoms with Gasteiger partial charge in [0, 0.05) is 55.3 Å². The summed E-state index contributed by atoms with van der Waals surface area (Å²) in [5, 5.41) is 36.2. The van der Waals surface area contributed by atoms with Gasteiger partial charge >= 0.3 is 0 Å². The van der Waals surface area contributed by atoms with E-state index in [2.05, 4.69) is 54.1 Å². The molecule has 0 bridgehead atoms. The molecule has 0 saturated carbocycles. The number of aliphatic hydroxyl groups excluding tert-OH is 2. The number of nitrogens with zero attached hydrogens (tertiary/aromatic N) is 4. The summed E-state index contributed by atoms with van der Waals surface area (Å²) in [5.74, 6) is 1.92. The van der Waals surface area contributed by atoms with Crippen LogP contribution < -0.4 is 14.2 Å². The van der Waals surface area contributed by atoms with Crippen LogP contribution in [0.15, 0.2) is 67.0 Å². The highest BCUT2D eigenvalue weighted by Crippen LogP contribution is 2.37. The van der Waals surface area contributed by atoms with Crippen LogP contribution >= 0.6 is 11.6 Å². The highest BCUT2D eigenvalue weighted by molar-refractivity contribution is 6.32. The third-order valence-electron chi connectivity index (χ3n) is 9.56. The van der Waals surface area contributed by atoms with E-state index < -0.39 is 0 Å². The fourth-order valence-corrected chi connectivity index (χ4v) is 6.72. The summed E-state index contributed by atoms with van der Waals surface area (Å²) in [6.07, 6.45) is 6.78. The number of benzene rings is 3. The largest absolute Gasteiger partial charge is 0.493 e. The van der Waals surface area contributed by atoms with Gasteiger partial charge in [-0.2, -0.15) is 5.26 Å². The summed E-state index contributed by atoms with van der Waals surface area (Å²) in [6, 6.07) is 19.7. The van der Waals surface area contributed by atoms with E-state index in [4.69, 9.17) is 35.7 Å². The second-order valence-electron chi connectivity index (χ2n) is 13.3. The molecule has 1 aromatic heterocycles. The normalized spacial score (nSPS) is 13.1. The second-order valence-corrected chi connectivity index (χ2v) is 13.7. The second kappa shape index (κ2) is 21.9. The first-order valence-corrected chi connectivity index (χ1v) is 18.6.